The molecule has 4 rings (SSSR count). The Labute approximate surface area is 181 Å². The van der Waals surface area contributed by atoms with E-state index in [-0.39, 0.29) is 31.4 Å². The van der Waals surface area contributed by atoms with Crippen LogP contribution in [0.15, 0.2) is 54.6 Å². The van der Waals surface area contributed by atoms with Crippen LogP contribution < -0.4 is 9.64 Å². The van der Waals surface area contributed by atoms with Gasteiger partial charge in [-0.1, -0.05) is 42.5 Å². The van der Waals surface area contributed by atoms with Gasteiger partial charge in [0.25, 0.3) is 5.91 Å². The Morgan fingerprint density at radius 3 is 2.45 bits per heavy atom. The first-order chi connectivity index (χ1) is 15.1. The van der Waals surface area contributed by atoms with Crippen molar-refractivity contribution in [2.24, 2.45) is 0 Å². The summed E-state index contributed by atoms with van der Waals surface area (Å²) in [6.07, 6.45) is 2.12. The zero-order chi connectivity index (χ0) is 21.6. The first kappa shape index (κ1) is 20.9. The van der Waals surface area contributed by atoms with Gasteiger partial charge in [-0.15, -0.1) is 0 Å². The molecule has 2 aromatic rings. The van der Waals surface area contributed by atoms with Crippen LogP contribution in [0.2, 0.25) is 0 Å². The standard InChI is InChI=1S/C24H26N2O5/c27-21-13-16-30-20-12-6-5-11-19(20)26(21)17-22(28)31-23(18-9-3-1-4-10-18)24(29)25-14-7-2-8-15-25/h1,3-6,9-12,23H,2,7-8,13-17H2/t23-/m0/s1. The number of piperidine rings is 1. The lowest BCUT2D eigenvalue weighted by Crippen LogP contribution is -2.42. The van der Waals surface area contributed by atoms with E-state index in [4.69, 9.17) is 9.47 Å². The fourth-order valence-corrected chi connectivity index (χ4v) is 3.96. The summed E-state index contributed by atoms with van der Waals surface area (Å²) in [5.74, 6) is -0.528. The minimum absolute atomic E-state index is 0.163. The highest BCUT2D eigenvalue weighted by molar-refractivity contribution is 6.00. The van der Waals surface area contributed by atoms with Crippen LogP contribution >= 0.6 is 0 Å². The predicted molar refractivity (Wildman–Crippen MR) is 115 cm³/mol. The van der Waals surface area contributed by atoms with Gasteiger partial charge in [0.15, 0.2) is 0 Å². The topological polar surface area (TPSA) is 76.1 Å². The van der Waals surface area contributed by atoms with Gasteiger partial charge in [0.1, 0.15) is 12.3 Å². The molecule has 0 bridgehead atoms. The van der Waals surface area contributed by atoms with Crippen molar-refractivity contribution in [3.05, 3.63) is 60.2 Å². The third-order valence-corrected chi connectivity index (χ3v) is 5.56. The second-order valence-electron chi connectivity index (χ2n) is 7.71. The van der Waals surface area contributed by atoms with Gasteiger partial charge < -0.3 is 14.4 Å². The third-order valence-electron chi connectivity index (χ3n) is 5.56. The molecule has 2 aliphatic heterocycles. The van der Waals surface area contributed by atoms with Crippen molar-refractivity contribution in [2.75, 3.05) is 31.1 Å². The molecule has 0 unspecified atom stereocenters. The highest BCUT2D eigenvalue weighted by Gasteiger charge is 2.32. The van der Waals surface area contributed by atoms with E-state index in [1.54, 1.807) is 35.2 Å². The molecule has 7 heteroatoms. The minimum atomic E-state index is -1.03. The van der Waals surface area contributed by atoms with Crippen LogP contribution in [-0.4, -0.2) is 48.9 Å². The van der Waals surface area contributed by atoms with Crippen LogP contribution in [0.5, 0.6) is 5.75 Å². The van der Waals surface area contributed by atoms with Gasteiger partial charge in [-0.3, -0.25) is 19.3 Å². The molecule has 0 aromatic heterocycles. The van der Waals surface area contributed by atoms with Crippen LogP contribution in [0.25, 0.3) is 0 Å². The molecule has 0 aliphatic carbocycles. The fraction of sp³-hybridized carbons (Fsp3) is 0.375. The average Bonchev–Trinajstić information content (AvgIpc) is 2.97. The van der Waals surface area contributed by atoms with Gasteiger partial charge in [-0.25, -0.2) is 0 Å². The molecule has 2 aliphatic rings. The third kappa shape index (κ3) is 4.87. The number of esters is 1. The Morgan fingerprint density at radius 1 is 0.968 bits per heavy atom. The normalized spacial score (nSPS) is 17.2. The highest BCUT2D eigenvalue weighted by Crippen LogP contribution is 2.31. The summed E-state index contributed by atoms with van der Waals surface area (Å²) < 4.78 is 11.3. The van der Waals surface area contributed by atoms with Crippen LogP contribution in [0.3, 0.4) is 0 Å². The molecule has 0 spiro atoms. The zero-order valence-electron chi connectivity index (χ0n) is 17.4. The zero-order valence-corrected chi connectivity index (χ0v) is 17.4. The fourth-order valence-electron chi connectivity index (χ4n) is 3.96. The Hall–Kier alpha value is -3.35. The molecule has 0 N–H and O–H groups in total. The summed E-state index contributed by atoms with van der Waals surface area (Å²) in [5.41, 5.74) is 1.15. The monoisotopic (exact) mass is 422 g/mol. The summed E-state index contributed by atoms with van der Waals surface area (Å²) in [5, 5.41) is 0. The first-order valence-electron chi connectivity index (χ1n) is 10.7. The van der Waals surface area contributed by atoms with Gasteiger partial charge in [0.05, 0.1) is 18.7 Å². The molecule has 0 saturated carbocycles. The number of ether oxygens (including phenoxy) is 2. The molecule has 1 fully saturated rings. The van der Waals surface area contributed by atoms with Gasteiger partial charge in [0, 0.05) is 18.7 Å². The number of hydrogen-bond donors (Lipinski definition) is 0. The van der Waals surface area contributed by atoms with Crippen molar-refractivity contribution in [1.29, 1.82) is 0 Å². The van der Waals surface area contributed by atoms with Gasteiger partial charge in [-0.2, -0.15) is 0 Å². The summed E-state index contributed by atoms with van der Waals surface area (Å²) in [6.45, 7) is 1.29. The molecular formula is C24H26N2O5. The molecular weight excluding hydrogens is 396 g/mol. The van der Waals surface area contributed by atoms with E-state index in [1.165, 1.54) is 4.90 Å². The van der Waals surface area contributed by atoms with Crippen molar-refractivity contribution in [3.8, 4) is 5.75 Å². The Morgan fingerprint density at radius 2 is 1.68 bits per heavy atom. The number of benzene rings is 2. The number of amides is 2. The van der Waals surface area contributed by atoms with Crippen molar-refractivity contribution >= 4 is 23.5 Å². The van der Waals surface area contributed by atoms with E-state index in [0.29, 0.717) is 30.1 Å². The molecule has 0 radical (unpaired) electrons. The maximum atomic E-state index is 13.2. The van der Waals surface area contributed by atoms with Gasteiger partial charge >= 0.3 is 5.97 Å². The van der Waals surface area contributed by atoms with Crippen LogP contribution in [-0.2, 0) is 19.1 Å². The van der Waals surface area contributed by atoms with Crippen molar-refractivity contribution in [3.63, 3.8) is 0 Å². The van der Waals surface area contributed by atoms with E-state index in [1.807, 2.05) is 24.3 Å². The molecule has 2 amide bonds. The maximum absolute atomic E-state index is 13.2. The minimum Gasteiger partial charge on any atom is -0.491 e. The van der Waals surface area contributed by atoms with E-state index in [2.05, 4.69) is 0 Å². The largest absolute Gasteiger partial charge is 0.491 e. The predicted octanol–water partition coefficient (Wildman–Crippen LogP) is 3.10. The van der Waals surface area contributed by atoms with Crippen molar-refractivity contribution in [2.45, 2.75) is 31.8 Å². The van der Waals surface area contributed by atoms with Crippen LogP contribution in [0, 0.1) is 0 Å². The summed E-state index contributed by atoms with van der Waals surface area (Å²) in [4.78, 5) is 41.9. The Bertz CT molecular complexity index is 940. The number of likely N-dealkylation sites (tertiary alicyclic amines) is 1. The molecule has 2 aromatic carbocycles. The number of anilines is 1. The number of carbonyl (C=O) groups excluding carboxylic acids is 3. The molecule has 2 heterocycles. The smallest absolute Gasteiger partial charge is 0.327 e. The second kappa shape index (κ2) is 9.64. The SMILES string of the molecule is O=C(CN1C(=O)CCOc2ccccc21)O[C@H](C(=O)N1CCCCC1)c1ccccc1. The number of nitrogens with zero attached hydrogens (tertiary/aromatic N) is 2. The number of rotatable bonds is 5. The highest BCUT2D eigenvalue weighted by atomic mass is 16.5. The molecule has 1 atom stereocenters. The van der Waals surface area contributed by atoms with Gasteiger partial charge in [-0.05, 0) is 31.4 Å². The lowest BCUT2D eigenvalue weighted by molar-refractivity contribution is -0.160. The Kier molecular flexibility index (Phi) is 6.50. The average molecular weight is 422 g/mol. The number of hydrogen-bond acceptors (Lipinski definition) is 5. The second-order valence-corrected chi connectivity index (χ2v) is 7.71. The van der Waals surface area contributed by atoms with Crippen molar-refractivity contribution < 1.29 is 23.9 Å². The lowest BCUT2D eigenvalue weighted by Gasteiger charge is -2.30. The number of para-hydroxylation sites is 2. The van der Waals surface area contributed by atoms with Crippen LogP contribution in [0.4, 0.5) is 5.69 Å². The lowest BCUT2D eigenvalue weighted by atomic mass is 10.1. The van der Waals surface area contributed by atoms with E-state index < -0.39 is 12.1 Å². The van der Waals surface area contributed by atoms with E-state index >= 15 is 0 Å². The molecule has 7 nitrogen and oxygen atoms in total. The first-order valence-corrected chi connectivity index (χ1v) is 10.7. The molecule has 162 valence electrons. The summed E-state index contributed by atoms with van der Waals surface area (Å²) in [6, 6.07) is 16.1. The molecule has 31 heavy (non-hydrogen) atoms. The summed E-state index contributed by atoms with van der Waals surface area (Å²) >= 11 is 0. The van der Waals surface area contributed by atoms with Crippen molar-refractivity contribution in [1.82, 2.24) is 4.90 Å². The Balaban J connectivity index is 1.53. The molecule has 1 saturated heterocycles. The number of fused-ring (bicyclic) bond motifs is 1. The van der Waals surface area contributed by atoms with Crippen LogP contribution in [0.1, 0.15) is 37.4 Å². The number of carbonyl (C=O) groups is 3. The quantitative estimate of drug-likeness (QED) is 0.692. The maximum Gasteiger partial charge on any atom is 0.327 e. The summed E-state index contributed by atoms with van der Waals surface area (Å²) in [7, 11) is 0. The van der Waals surface area contributed by atoms with E-state index in [0.717, 1.165) is 19.3 Å². The van der Waals surface area contributed by atoms with E-state index in [9.17, 15) is 14.4 Å². The van der Waals surface area contributed by atoms with Gasteiger partial charge in [0.2, 0.25) is 12.0 Å².